The summed E-state index contributed by atoms with van der Waals surface area (Å²) >= 11 is 2.10. The molecule has 25 nitrogen and oxygen atoms in total. The van der Waals surface area contributed by atoms with E-state index in [-0.39, 0.29) is 103 Å². The number of pyridine rings is 1. The van der Waals surface area contributed by atoms with E-state index in [9.17, 15) is 67.4 Å². The molecule has 0 amide bonds. The molecule has 0 fully saturated rings. The molecule has 3 heterocycles. The summed E-state index contributed by atoms with van der Waals surface area (Å²) in [6.07, 6.45) is -0.188. The molecule has 3 aromatic heterocycles. The molecule has 0 aliphatic carbocycles. The van der Waals surface area contributed by atoms with Gasteiger partial charge in [-0.05, 0) is 92.3 Å². The van der Waals surface area contributed by atoms with Crippen molar-refractivity contribution in [1.29, 1.82) is 5.26 Å². The number of aliphatic hydroxyl groups excluding tert-OH is 1. The Morgan fingerprint density at radius 1 is 0.737 bits per heavy atom. The summed E-state index contributed by atoms with van der Waals surface area (Å²) in [5.74, 6) is -1.76. The van der Waals surface area contributed by atoms with Crippen LogP contribution in [0.1, 0.15) is 40.7 Å². The maximum Gasteiger partial charge on any atom is 0.296 e. The maximum absolute atomic E-state index is 12.4. The first-order valence-electron chi connectivity index (χ1n) is 21.9. The molecule has 5 aromatic carbocycles. The van der Waals surface area contributed by atoms with Crippen molar-refractivity contribution >= 4 is 135 Å². The zero-order valence-electron chi connectivity index (χ0n) is 39.6. The van der Waals surface area contributed by atoms with Gasteiger partial charge in [0, 0.05) is 27.5 Å². The number of imidazole rings is 1. The third-order valence-electron chi connectivity index (χ3n) is 11.2. The second kappa shape index (κ2) is 21.6. The molecular weight excluding hydrogens is 1110 g/mol. The lowest BCUT2D eigenvalue weighted by molar-refractivity contribution is 0.282. The molecule has 8 aromatic rings. The molecule has 8 rings (SSSR count). The van der Waals surface area contributed by atoms with Crippen molar-refractivity contribution in [3.8, 4) is 17.7 Å². The second-order valence-corrected chi connectivity index (χ2v) is 24.7. The van der Waals surface area contributed by atoms with Gasteiger partial charge in [0.2, 0.25) is 11.0 Å². The van der Waals surface area contributed by atoms with Crippen molar-refractivity contribution in [1.82, 2.24) is 14.4 Å². The Morgan fingerprint density at radius 2 is 1.39 bits per heavy atom. The summed E-state index contributed by atoms with van der Waals surface area (Å²) in [5.41, 5.74) is 0.631. The van der Waals surface area contributed by atoms with Gasteiger partial charge in [-0.25, -0.2) is 9.97 Å². The van der Waals surface area contributed by atoms with Gasteiger partial charge in [-0.15, -0.1) is 37.3 Å². The largest absolute Gasteiger partial charge is 0.493 e. The highest BCUT2D eigenvalue weighted by Gasteiger charge is 2.26. The highest BCUT2D eigenvalue weighted by atomic mass is 32.2. The summed E-state index contributed by atoms with van der Waals surface area (Å²) in [5, 5.41) is 59.6. The first kappa shape index (κ1) is 55.3. The number of hydrogen-bond acceptors (Lipinski definition) is 22. The van der Waals surface area contributed by atoms with Crippen LogP contribution in [0.4, 0.5) is 33.6 Å². The van der Waals surface area contributed by atoms with Gasteiger partial charge < -0.3 is 14.9 Å². The minimum Gasteiger partial charge on any atom is -0.493 e. The fourth-order valence-corrected chi connectivity index (χ4v) is 12.3. The van der Waals surface area contributed by atoms with Crippen molar-refractivity contribution in [2.45, 2.75) is 54.9 Å². The number of azo groups is 3. The predicted octanol–water partition coefficient (Wildman–Crippen LogP) is 10.0. The van der Waals surface area contributed by atoms with E-state index in [2.05, 4.69) is 40.7 Å². The molecule has 0 aliphatic rings. The highest BCUT2D eigenvalue weighted by molar-refractivity contribution is 7.99. The number of thiazole rings is 1. The number of fused-ring (bicyclic) bond motifs is 6. The number of aromatic nitrogens is 3. The number of nitriles is 1. The van der Waals surface area contributed by atoms with E-state index in [0.717, 1.165) is 27.5 Å². The van der Waals surface area contributed by atoms with Crippen LogP contribution in [0.5, 0.6) is 11.6 Å². The molecule has 0 bridgehead atoms. The average molecular weight is 1150 g/mol. The molecular formula is C45H40N10O15S6. The van der Waals surface area contributed by atoms with Gasteiger partial charge in [-0.3, -0.25) is 22.6 Å². The lowest BCUT2D eigenvalue weighted by Crippen LogP contribution is -2.08. The minimum absolute atomic E-state index is 0.000547. The fraction of sp³-hybridized carbons (Fsp3) is 0.222. The van der Waals surface area contributed by atoms with Crippen LogP contribution in [0, 0.1) is 32.1 Å². The highest BCUT2D eigenvalue weighted by Crippen LogP contribution is 2.44. The van der Waals surface area contributed by atoms with Crippen molar-refractivity contribution in [3.05, 3.63) is 94.5 Å². The summed E-state index contributed by atoms with van der Waals surface area (Å²) in [6, 6.07) is 18.6. The van der Waals surface area contributed by atoms with Gasteiger partial charge in [0.1, 0.15) is 43.9 Å². The molecule has 0 unspecified atom stereocenters. The Morgan fingerprint density at radius 3 is 2.08 bits per heavy atom. The second-order valence-electron chi connectivity index (χ2n) is 16.7. The standard InChI is InChI=1S/C45H40N10O15S6/c1-23-14-34-40(37(15-23)75(64,65)66)47-43-29(21-46)25(3)39(44(57)55(34)43)53-51-32-16-24(2)30(19-35(32)70-10-6-12-73(58,59)60)49-52-33-17-27(22-56)31(20-36(33)71-11-7-13-74(61,62)63)50-54-45-48-41-38(76(67,68)69)18-26-8-4-5-9-28(26)42(41)72-45/h4-5,8-9,14-20,56-57H,6-7,10-13,22H2,1-3H3,(H,58,59,60)(H,61,62,63)(H,64,65,66)(H,67,68,69). The molecule has 0 saturated carbocycles. The summed E-state index contributed by atoms with van der Waals surface area (Å²) in [6.45, 7) is 3.70. The van der Waals surface area contributed by atoms with Crippen LogP contribution in [0.25, 0.3) is 37.7 Å². The zero-order valence-corrected chi connectivity index (χ0v) is 44.5. The molecule has 0 spiro atoms. The smallest absolute Gasteiger partial charge is 0.296 e. The van der Waals surface area contributed by atoms with Gasteiger partial charge in [0.25, 0.3) is 40.5 Å². The number of benzene rings is 5. The Kier molecular flexibility index (Phi) is 15.7. The van der Waals surface area contributed by atoms with E-state index >= 15 is 0 Å². The predicted molar refractivity (Wildman–Crippen MR) is 280 cm³/mol. The van der Waals surface area contributed by atoms with E-state index in [1.165, 1.54) is 49.4 Å². The number of hydrogen-bond donors (Lipinski definition) is 6. The Hall–Kier alpha value is -6.96. The molecule has 0 radical (unpaired) electrons. The van der Waals surface area contributed by atoms with Gasteiger partial charge in [-0.2, -0.15) is 44.0 Å². The quantitative estimate of drug-likeness (QED) is 0.0190. The van der Waals surface area contributed by atoms with Crippen molar-refractivity contribution in [3.63, 3.8) is 0 Å². The van der Waals surface area contributed by atoms with Gasteiger partial charge >= 0.3 is 0 Å². The molecule has 396 valence electrons. The zero-order chi connectivity index (χ0) is 55.1. The lowest BCUT2D eigenvalue weighted by Gasteiger charge is -2.12. The lowest BCUT2D eigenvalue weighted by atomic mass is 10.1. The van der Waals surface area contributed by atoms with Gasteiger partial charge in [0.05, 0.1) is 52.0 Å². The van der Waals surface area contributed by atoms with E-state index in [4.69, 9.17) is 4.74 Å². The van der Waals surface area contributed by atoms with Crippen LogP contribution >= 0.6 is 23.1 Å². The van der Waals surface area contributed by atoms with E-state index in [1.54, 1.807) is 38.1 Å². The van der Waals surface area contributed by atoms with Crippen LogP contribution in [-0.2, 0) is 47.1 Å². The van der Waals surface area contributed by atoms with Crippen LogP contribution in [0.3, 0.4) is 0 Å². The van der Waals surface area contributed by atoms with E-state index in [1.807, 2.05) is 6.07 Å². The first-order chi connectivity index (χ1) is 35.7. The molecule has 0 aliphatic heterocycles. The molecule has 31 heteroatoms. The van der Waals surface area contributed by atoms with Gasteiger partial charge in [-0.1, -0.05) is 35.6 Å². The monoisotopic (exact) mass is 1150 g/mol. The molecule has 0 atom stereocenters. The third kappa shape index (κ3) is 12.2. The van der Waals surface area contributed by atoms with Crippen LogP contribution in [0.2, 0.25) is 0 Å². The van der Waals surface area contributed by atoms with E-state index < -0.39 is 74.3 Å². The van der Waals surface area contributed by atoms with Crippen LogP contribution in [-0.4, -0.2) is 100 Å². The number of aliphatic hydroxyl groups is 1. The minimum atomic E-state index is -4.81. The summed E-state index contributed by atoms with van der Waals surface area (Å²) < 4.78 is 142. The summed E-state index contributed by atoms with van der Waals surface area (Å²) in [4.78, 5) is 7.98. The topological polar surface area (TPSA) is 395 Å². The van der Waals surface area contributed by atoms with Gasteiger partial charge in [0.15, 0.2) is 11.3 Å². The summed E-state index contributed by atoms with van der Waals surface area (Å²) in [7, 11) is -18.2. The van der Waals surface area contributed by atoms with Crippen LogP contribution in [0.15, 0.2) is 112 Å². The van der Waals surface area contributed by atoms with Crippen molar-refractivity contribution in [2.24, 2.45) is 30.7 Å². The molecule has 76 heavy (non-hydrogen) atoms. The number of aryl methyl sites for hydroxylation is 2. The molecule has 0 saturated heterocycles. The Labute approximate surface area is 440 Å². The first-order valence-corrected chi connectivity index (χ1v) is 29.8. The Balaban J connectivity index is 1.19. The Bertz CT molecular complexity index is 4310. The number of rotatable bonds is 19. The van der Waals surface area contributed by atoms with Crippen LogP contribution < -0.4 is 4.74 Å². The number of nitrogens with zero attached hydrogens (tertiary/aromatic N) is 10. The average Bonchev–Trinajstić information content (AvgIpc) is 4.00. The van der Waals surface area contributed by atoms with E-state index in [0.29, 0.717) is 31.5 Å². The SMILES string of the molecule is Cc1cc(S(=O)(=O)O)c2nc3c(C#N)c(C)c(N=Nc4cc(C)c(N=Nc5cc(CO)c(N=Nc6nc7c(S(=O)(=O)O)cc8ccccc8c7s6)cc5SCCCS(=O)(=O)O)cc4OCCCS(=O)(=O)O)c(O)n3c2c1. The normalized spacial score (nSPS) is 12.9. The molecule has 6 N–H and O–H groups in total. The van der Waals surface area contributed by atoms with Crippen molar-refractivity contribution in [2.75, 3.05) is 23.9 Å². The van der Waals surface area contributed by atoms with Crippen molar-refractivity contribution < 1.29 is 66.8 Å². The third-order valence-corrected chi connectivity index (χ3v) is 16.7. The number of ether oxygens (including phenoxy) is 1. The number of aromatic hydroxyl groups is 1. The maximum atomic E-state index is 12.4. The fourth-order valence-electron chi connectivity index (χ4n) is 7.74. The number of thioether (sulfide) groups is 1.